The number of carbonyl (C=O) groups excluding carboxylic acids is 1. The van der Waals surface area contributed by atoms with Crippen LogP contribution in [0.1, 0.15) is 36.1 Å². The molecule has 2 aliphatic rings. The van der Waals surface area contributed by atoms with Gasteiger partial charge in [0.1, 0.15) is 6.04 Å². The molecule has 0 spiro atoms. The van der Waals surface area contributed by atoms with E-state index in [-0.39, 0.29) is 11.9 Å². The highest BCUT2D eigenvalue weighted by atomic mass is 16.5. The molecule has 2 aromatic rings. The molecule has 28 heavy (non-hydrogen) atoms. The van der Waals surface area contributed by atoms with E-state index in [1.165, 1.54) is 16.0 Å². The normalized spacial score (nSPS) is 20.4. The molecule has 0 bridgehead atoms. The predicted octanol–water partition coefficient (Wildman–Crippen LogP) is 1.86. The molecule has 0 aliphatic carbocycles. The summed E-state index contributed by atoms with van der Waals surface area (Å²) in [5, 5.41) is 11.9. The van der Waals surface area contributed by atoms with Gasteiger partial charge in [-0.15, -0.1) is 0 Å². The summed E-state index contributed by atoms with van der Waals surface area (Å²) in [7, 11) is 0. The van der Waals surface area contributed by atoms with Gasteiger partial charge >= 0.3 is 0 Å². The number of hydrogen-bond acceptors (Lipinski definition) is 4. The molecule has 0 fully saturated rings. The van der Waals surface area contributed by atoms with Gasteiger partial charge in [0.25, 0.3) is 5.91 Å². The molecular formula is C22H24N3O3+. The van der Waals surface area contributed by atoms with Crippen LogP contribution >= 0.6 is 0 Å². The van der Waals surface area contributed by atoms with Crippen molar-refractivity contribution in [2.24, 2.45) is 0 Å². The molecule has 0 saturated carbocycles. The third kappa shape index (κ3) is 3.80. The molecular weight excluding hydrogens is 354 g/mol. The summed E-state index contributed by atoms with van der Waals surface area (Å²) in [5.74, 6) is 1.60. The highest BCUT2D eigenvalue weighted by molar-refractivity contribution is 5.91. The van der Waals surface area contributed by atoms with Gasteiger partial charge in [0.05, 0.1) is 31.4 Å². The van der Waals surface area contributed by atoms with Gasteiger partial charge in [0.2, 0.25) is 0 Å². The van der Waals surface area contributed by atoms with Crippen LogP contribution in [0.2, 0.25) is 0 Å². The second-order valence-corrected chi connectivity index (χ2v) is 7.35. The van der Waals surface area contributed by atoms with Crippen molar-refractivity contribution >= 4 is 11.6 Å². The average Bonchev–Trinajstić information content (AvgIpc) is 2.94. The first kappa shape index (κ1) is 18.3. The van der Waals surface area contributed by atoms with E-state index in [0.29, 0.717) is 31.0 Å². The molecule has 2 aromatic carbocycles. The van der Waals surface area contributed by atoms with Crippen LogP contribution in [0.15, 0.2) is 36.4 Å². The first-order valence-electron chi connectivity index (χ1n) is 9.71. The smallest absolute Gasteiger partial charge is 0.279 e. The van der Waals surface area contributed by atoms with E-state index in [1.54, 1.807) is 24.3 Å². The second-order valence-electron chi connectivity index (χ2n) is 7.35. The minimum Gasteiger partial charge on any atom is -0.490 e. The van der Waals surface area contributed by atoms with Crippen molar-refractivity contribution in [2.45, 2.75) is 25.8 Å². The van der Waals surface area contributed by atoms with Gasteiger partial charge in [-0.3, -0.25) is 4.79 Å². The van der Waals surface area contributed by atoms with E-state index in [2.05, 4.69) is 30.4 Å². The lowest BCUT2D eigenvalue weighted by Gasteiger charge is -2.32. The van der Waals surface area contributed by atoms with Crippen LogP contribution in [0.3, 0.4) is 0 Å². The van der Waals surface area contributed by atoms with Crippen molar-refractivity contribution in [3.05, 3.63) is 53.1 Å². The summed E-state index contributed by atoms with van der Waals surface area (Å²) < 4.78 is 11.6. The standard InChI is InChI=1S/C22H23N3O3/c1-15-19-12-21-20(27-8-3-9-28-21)11-17(19)6-7-25(15)14-22(26)24-18-5-2-4-16(10-18)13-23/h2,4-5,10-12,15H,3,6-9,14H2,1H3,(H,24,26)/p+1/t15-/m1/s1. The maximum atomic E-state index is 12.6. The Morgan fingerprint density at radius 2 is 2.04 bits per heavy atom. The van der Waals surface area contributed by atoms with Gasteiger partial charge < -0.3 is 19.7 Å². The Labute approximate surface area is 164 Å². The van der Waals surface area contributed by atoms with Crippen LogP contribution in [-0.2, 0) is 11.2 Å². The fourth-order valence-corrected chi connectivity index (χ4v) is 3.94. The summed E-state index contributed by atoms with van der Waals surface area (Å²) in [6.07, 6.45) is 1.79. The third-order valence-electron chi connectivity index (χ3n) is 5.47. The fraction of sp³-hybridized carbons (Fsp3) is 0.364. The van der Waals surface area contributed by atoms with Gasteiger partial charge in [-0.2, -0.15) is 5.26 Å². The molecule has 0 aromatic heterocycles. The van der Waals surface area contributed by atoms with E-state index < -0.39 is 0 Å². The number of nitrogens with zero attached hydrogens (tertiary/aromatic N) is 1. The molecule has 6 heteroatoms. The first-order valence-corrected chi connectivity index (χ1v) is 9.71. The van der Waals surface area contributed by atoms with E-state index >= 15 is 0 Å². The van der Waals surface area contributed by atoms with Crippen LogP contribution in [0, 0.1) is 11.3 Å². The number of amides is 1. The van der Waals surface area contributed by atoms with Gasteiger partial charge in [0.15, 0.2) is 18.0 Å². The Balaban J connectivity index is 1.46. The molecule has 1 unspecified atom stereocenters. The molecule has 2 N–H and O–H groups in total. The van der Waals surface area contributed by atoms with E-state index in [0.717, 1.165) is 30.9 Å². The number of fused-ring (bicyclic) bond motifs is 2. The number of nitrogens with one attached hydrogen (secondary N) is 2. The van der Waals surface area contributed by atoms with Crippen molar-refractivity contribution < 1.29 is 19.2 Å². The lowest BCUT2D eigenvalue weighted by Crippen LogP contribution is -3.14. The van der Waals surface area contributed by atoms with E-state index in [4.69, 9.17) is 14.7 Å². The number of carbonyl (C=O) groups is 1. The van der Waals surface area contributed by atoms with Crippen LogP contribution in [-0.4, -0.2) is 32.2 Å². The number of rotatable bonds is 3. The summed E-state index contributed by atoms with van der Waals surface area (Å²) in [6.45, 7) is 4.78. The SMILES string of the molecule is C[C@@H]1c2cc3c(cc2CC[NH+]1CC(=O)Nc1cccc(C#N)c1)OCCCO3. The second kappa shape index (κ2) is 7.91. The number of benzene rings is 2. The van der Waals surface area contributed by atoms with Gasteiger partial charge in [-0.25, -0.2) is 0 Å². The molecule has 2 aliphatic heterocycles. The van der Waals surface area contributed by atoms with Gasteiger partial charge in [-0.1, -0.05) is 6.07 Å². The van der Waals surface area contributed by atoms with Crippen LogP contribution in [0.4, 0.5) is 5.69 Å². The van der Waals surface area contributed by atoms with Crippen molar-refractivity contribution in [3.8, 4) is 17.6 Å². The molecule has 0 radical (unpaired) electrons. The zero-order valence-electron chi connectivity index (χ0n) is 16.0. The van der Waals surface area contributed by atoms with Crippen molar-refractivity contribution in [1.82, 2.24) is 0 Å². The van der Waals surface area contributed by atoms with Gasteiger partial charge in [-0.05, 0) is 42.8 Å². The monoisotopic (exact) mass is 378 g/mol. The van der Waals surface area contributed by atoms with Crippen LogP contribution in [0.5, 0.6) is 11.5 Å². The number of quaternary nitrogens is 1. The summed E-state index contributed by atoms with van der Waals surface area (Å²) in [5.41, 5.74) is 3.70. The molecule has 144 valence electrons. The predicted molar refractivity (Wildman–Crippen MR) is 105 cm³/mol. The molecule has 2 heterocycles. The zero-order chi connectivity index (χ0) is 19.5. The van der Waals surface area contributed by atoms with E-state index in [1.807, 2.05) is 0 Å². The van der Waals surface area contributed by atoms with Crippen LogP contribution < -0.4 is 19.7 Å². The summed E-state index contributed by atoms with van der Waals surface area (Å²) >= 11 is 0. The lowest BCUT2D eigenvalue weighted by atomic mass is 9.93. The minimum absolute atomic E-state index is 0.0465. The minimum atomic E-state index is -0.0465. The van der Waals surface area contributed by atoms with Crippen molar-refractivity contribution in [3.63, 3.8) is 0 Å². The highest BCUT2D eigenvalue weighted by Gasteiger charge is 2.31. The van der Waals surface area contributed by atoms with Crippen molar-refractivity contribution in [2.75, 3.05) is 31.6 Å². The summed E-state index contributed by atoms with van der Waals surface area (Å²) in [4.78, 5) is 13.8. The van der Waals surface area contributed by atoms with Crippen molar-refractivity contribution in [1.29, 1.82) is 5.26 Å². The average molecular weight is 378 g/mol. The Hall–Kier alpha value is -3.04. The first-order chi connectivity index (χ1) is 13.6. The third-order valence-corrected chi connectivity index (χ3v) is 5.47. The maximum absolute atomic E-state index is 12.6. The number of nitriles is 1. The largest absolute Gasteiger partial charge is 0.490 e. The molecule has 0 saturated heterocycles. The topological polar surface area (TPSA) is 75.8 Å². The summed E-state index contributed by atoms with van der Waals surface area (Å²) in [6, 6.07) is 13.5. The molecule has 1 amide bonds. The molecule has 2 atom stereocenters. The Kier molecular flexibility index (Phi) is 5.18. The maximum Gasteiger partial charge on any atom is 0.279 e. The molecule has 4 rings (SSSR count). The Morgan fingerprint density at radius 3 is 2.82 bits per heavy atom. The zero-order valence-corrected chi connectivity index (χ0v) is 16.0. The van der Waals surface area contributed by atoms with Crippen LogP contribution in [0.25, 0.3) is 0 Å². The lowest BCUT2D eigenvalue weighted by molar-refractivity contribution is -0.924. The van der Waals surface area contributed by atoms with E-state index in [9.17, 15) is 4.79 Å². The number of ether oxygens (including phenoxy) is 2. The number of anilines is 1. The highest BCUT2D eigenvalue weighted by Crippen LogP contribution is 2.35. The Bertz CT molecular complexity index is 935. The number of hydrogen-bond donors (Lipinski definition) is 2. The van der Waals surface area contributed by atoms with Gasteiger partial charge in [0, 0.05) is 24.1 Å². The Morgan fingerprint density at radius 1 is 1.25 bits per heavy atom. The quantitative estimate of drug-likeness (QED) is 0.855. The molecule has 6 nitrogen and oxygen atoms in total. The fourth-order valence-electron chi connectivity index (χ4n) is 3.94.